The van der Waals surface area contributed by atoms with Crippen molar-refractivity contribution in [1.82, 2.24) is 10.3 Å². The van der Waals surface area contributed by atoms with Gasteiger partial charge in [-0.1, -0.05) is 58.6 Å². The third-order valence-electron chi connectivity index (χ3n) is 8.27. The lowest BCUT2D eigenvalue weighted by Crippen LogP contribution is -2.52. The van der Waals surface area contributed by atoms with Gasteiger partial charge in [-0.3, -0.25) is 19.4 Å². The highest BCUT2D eigenvalue weighted by Gasteiger charge is 2.51. The Morgan fingerprint density at radius 3 is 2.36 bits per heavy atom. The number of carbonyl (C=O) groups is 4. The van der Waals surface area contributed by atoms with E-state index < -0.39 is 47.1 Å². The fraction of sp³-hybridized carbons (Fsp3) is 0.553. The number of cyclic esters (lactones) is 1. The fourth-order valence-corrected chi connectivity index (χ4v) is 5.52. The van der Waals surface area contributed by atoms with Crippen LogP contribution in [0, 0.1) is 29.6 Å². The molecule has 3 unspecified atom stereocenters. The Labute approximate surface area is 281 Å². The Morgan fingerprint density at radius 2 is 1.77 bits per heavy atom. The molecule has 9 nitrogen and oxygen atoms in total. The Balaban J connectivity index is 0.00000171. The minimum absolute atomic E-state index is 0.0790. The van der Waals surface area contributed by atoms with Crippen molar-refractivity contribution in [1.29, 1.82) is 0 Å². The zero-order chi connectivity index (χ0) is 35.8. The highest BCUT2D eigenvalue weighted by atomic mass is 16.6. The SMILES string of the molecule is C=Cc1cc(/C=C/CO[C@@]2(C)CCC(=O)C(C)C(=O)OC[C@@]3(C)OC(=O)NC3C(C)C(=O)[C@H](C)C2)cnc1/C=C\C.CC.CC#CC. The number of fused-ring (bicyclic) bond motifs is 1. The molecule has 6 atom stereocenters. The molecular formula is C38H54N2O7. The molecule has 0 bridgehead atoms. The predicted octanol–water partition coefficient (Wildman–Crippen LogP) is 7.24. The molecule has 0 spiro atoms. The minimum atomic E-state index is -1.25. The summed E-state index contributed by atoms with van der Waals surface area (Å²) in [7, 11) is 0. The fourth-order valence-electron chi connectivity index (χ4n) is 5.52. The van der Waals surface area contributed by atoms with Crippen molar-refractivity contribution in [3.63, 3.8) is 0 Å². The smallest absolute Gasteiger partial charge is 0.408 e. The lowest BCUT2D eigenvalue weighted by atomic mass is 9.77. The van der Waals surface area contributed by atoms with Crippen molar-refractivity contribution >= 4 is 41.9 Å². The largest absolute Gasteiger partial charge is 0.461 e. The molecule has 2 saturated heterocycles. The zero-order valence-corrected chi connectivity index (χ0v) is 29.9. The highest BCUT2D eigenvalue weighted by Crippen LogP contribution is 2.34. The predicted molar refractivity (Wildman–Crippen MR) is 187 cm³/mol. The van der Waals surface area contributed by atoms with E-state index in [0.29, 0.717) is 12.8 Å². The van der Waals surface area contributed by atoms with E-state index in [2.05, 4.69) is 28.7 Å². The van der Waals surface area contributed by atoms with E-state index in [-0.39, 0.29) is 31.2 Å². The molecule has 0 aromatic carbocycles. The van der Waals surface area contributed by atoms with Crippen molar-refractivity contribution in [3.8, 4) is 11.8 Å². The number of rotatable bonds is 6. The quantitative estimate of drug-likeness (QED) is 0.194. The number of allylic oxidation sites excluding steroid dienone is 1. The molecule has 0 aliphatic carbocycles. The molecule has 2 aliphatic rings. The number of aromatic nitrogens is 1. The average molecular weight is 651 g/mol. The number of amides is 1. The molecule has 3 rings (SSSR count). The van der Waals surface area contributed by atoms with E-state index in [4.69, 9.17) is 14.2 Å². The number of esters is 1. The molecule has 1 aromatic rings. The van der Waals surface area contributed by atoms with Crippen LogP contribution in [-0.4, -0.2) is 59.1 Å². The summed E-state index contributed by atoms with van der Waals surface area (Å²) in [6.07, 6.45) is 11.2. The van der Waals surface area contributed by atoms with Gasteiger partial charge in [0.25, 0.3) is 0 Å². The number of nitrogens with zero attached hydrogens (tertiary/aromatic N) is 1. The number of pyridine rings is 1. The summed E-state index contributed by atoms with van der Waals surface area (Å²) >= 11 is 0. The van der Waals surface area contributed by atoms with E-state index in [1.807, 2.05) is 78.8 Å². The second kappa shape index (κ2) is 19.6. The second-order valence-corrected chi connectivity index (χ2v) is 12.0. The number of hydrogen-bond donors (Lipinski definition) is 1. The monoisotopic (exact) mass is 650 g/mol. The molecule has 2 aliphatic heterocycles. The molecular weight excluding hydrogens is 596 g/mol. The van der Waals surface area contributed by atoms with Crippen LogP contribution in [0.1, 0.15) is 105 Å². The highest BCUT2D eigenvalue weighted by molar-refractivity contribution is 5.98. The Kier molecular flexibility index (Phi) is 17.1. The van der Waals surface area contributed by atoms with Gasteiger partial charge in [-0.25, -0.2) is 4.79 Å². The van der Waals surface area contributed by atoms with E-state index in [1.54, 1.807) is 26.1 Å². The van der Waals surface area contributed by atoms with Crippen molar-refractivity contribution in [2.45, 2.75) is 106 Å². The maximum absolute atomic E-state index is 13.6. The summed E-state index contributed by atoms with van der Waals surface area (Å²) < 4.78 is 17.2. The van der Waals surface area contributed by atoms with E-state index in [0.717, 1.165) is 16.8 Å². The molecule has 3 heterocycles. The number of ketones is 2. The van der Waals surface area contributed by atoms with Gasteiger partial charge >= 0.3 is 12.1 Å². The van der Waals surface area contributed by atoms with Crippen molar-refractivity contribution in [3.05, 3.63) is 47.8 Å². The first-order valence-electron chi connectivity index (χ1n) is 16.4. The van der Waals surface area contributed by atoms with Crippen molar-refractivity contribution < 1.29 is 33.4 Å². The molecule has 258 valence electrons. The van der Waals surface area contributed by atoms with Gasteiger partial charge in [0.15, 0.2) is 5.60 Å². The van der Waals surface area contributed by atoms with Crippen LogP contribution in [0.5, 0.6) is 0 Å². The van der Waals surface area contributed by atoms with Crippen LogP contribution < -0.4 is 5.32 Å². The summed E-state index contributed by atoms with van der Waals surface area (Å²) in [5, 5.41) is 2.71. The molecule has 2 fully saturated rings. The standard InChI is InChI=1S/C32H42N2O7.C4H6.C2H6/c1-8-11-25-24(9-2)16-23(18-33-25)12-10-15-40-31(6)14-13-26(35)21(4)29(37)39-19-32(7)28(34-30(38)41-32)22(5)27(36)20(3)17-31;1-3-4-2;1-2/h8-12,16,18,20-22,28H,2,13-15,17,19H2,1,3-7H3,(H,34,38);1-2H3;1-2H3/b11-8-,12-10+;;/t20-,21?,22?,28?,31+,32-;;/m1../s1. The number of Topliss-reactive ketones (excluding diaryl/α,β-unsaturated/α-hetero) is 2. The molecule has 9 heteroatoms. The van der Waals surface area contributed by atoms with Crippen molar-refractivity contribution in [2.24, 2.45) is 17.8 Å². The first kappa shape index (κ1) is 41.0. The molecule has 1 aromatic heterocycles. The summed E-state index contributed by atoms with van der Waals surface area (Å²) in [4.78, 5) is 55.8. The molecule has 0 radical (unpaired) electrons. The number of hydrogen-bond acceptors (Lipinski definition) is 8. The van der Waals surface area contributed by atoms with Gasteiger partial charge < -0.3 is 19.5 Å². The Morgan fingerprint density at radius 1 is 1.11 bits per heavy atom. The number of ether oxygens (including phenoxy) is 3. The van der Waals surface area contributed by atoms with Crippen LogP contribution in [0.25, 0.3) is 18.2 Å². The third kappa shape index (κ3) is 11.9. The summed E-state index contributed by atoms with van der Waals surface area (Å²) in [6.45, 7) is 22.0. The molecule has 1 amide bonds. The van der Waals surface area contributed by atoms with Crippen LogP contribution in [0.2, 0.25) is 0 Å². The Bertz CT molecular complexity index is 1370. The lowest BCUT2D eigenvalue weighted by molar-refractivity contribution is -0.158. The van der Waals surface area contributed by atoms with Crippen molar-refractivity contribution in [2.75, 3.05) is 13.2 Å². The van der Waals surface area contributed by atoms with Crippen LogP contribution in [0.15, 0.2) is 31.0 Å². The van der Waals surface area contributed by atoms with Gasteiger partial charge in [0.05, 0.1) is 23.9 Å². The normalized spacial score (nSPS) is 28.2. The van der Waals surface area contributed by atoms with Gasteiger partial charge in [-0.2, -0.15) is 0 Å². The van der Waals surface area contributed by atoms with E-state index in [1.165, 1.54) is 6.92 Å². The van der Waals surface area contributed by atoms with E-state index >= 15 is 0 Å². The summed E-state index contributed by atoms with van der Waals surface area (Å²) in [6, 6.07) is 1.28. The topological polar surface area (TPSA) is 121 Å². The molecule has 0 saturated carbocycles. The molecule has 1 N–H and O–H groups in total. The third-order valence-corrected chi connectivity index (χ3v) is 8.27. The Hall–Kier alpha value is -4.03. The first-order valence-corrected chi connectivity index (χ1v) is 16.4. The molecule has 47 heavy (non-hydrogen) atoms. The number of carbonyl (C=O) groups excluding carboxylic acids is 4. The van der Waals surface area contributed by atoms with Crippen LogP contribution in [0.4, 0.5) is 4.79 Å². The van der Waals surface area contributed by atoms with Gasteiger partial charge in [0.1, 0.15) is 24.1 Å². The van der Waals surface area contributed by atoms with Gasteiger partial charge in [0.2, 0.25) is 0 Å². The maximum atomic E-state index is 13.6. The van der Waals surface area contributed by atoms with Crippen LogP contribution in [-0.2, 0) is 28.6 Å². The van der Waals surface area contributed by atoms with Gasteiger partial charge in [-0.05, 0) is 72.1 Å². The number of alkyl carbamates (subject to hydrolysis) is 1. The van der Waals surface area contributed by atoms with E-state index in [9.17, 15) is 19.2 Å². The zero-order valence-electron chi connectivity index (χ0n) is 29.9. The van der Waals surface area contributed by atoms with Crippen LogP contribution in [0.3, 0.4) is 0 Å². The second-order valence-electron chi connectivity index (χ2n) is 12.0. The van der Waals surface area contributed by atoms with Gasteiger partial charge in [0, 0.05) is 30.0 Å². The average Bonchev–Trinajstić information content (AvgIpc) is 3.38. The minimum Gasteiger partial charge on any atom is -0.461 e. The maximum Gasteiger partial charge on any atom is 0.408 e. The number of nitrogens with one attached hydrogen (secondary N) is 1. The summed E-state index contributed by atoms with van der Waals surface area (Å²) in [5.74, 6) is 2.28. The lowest BCUT2D eigenvalue weighted by Gasteiger charge is -2.35. The summed E-state index contributed by atoms with van der Waals surface area (Å²) in [5.41, 5.74) is 0.558. The first-order chi connectivity index (χ1) is 22.2. The van der Waals surface area contributed by atoms with Crippen LogP contribution >= 0.6 is 0 Å². The van der Waals surface area contributed by atoms with Gasteiger partial charge in [-0.15, -0.1) is 11.8 Å².